The van der Waals surface area contributed by atoms with Gasteiger partial charge in [-0.05, 0) is 38.0 Å². The first kappa shape index (κ1) is 18.7. The average molecular weight is 365 g/mol. The zero-order chi connectivity index (χ0) is 18.6. The molecule has 0 aliphatic heterocycles. The number of ether oxygens (including phenoxy) is 2. The molecule has 2 rings (SSSR count). The Morgan fingerprint density at radius 1 is 1.20 bits per heavy atom. The van der Waals surface area contributed by atoms with Gasteiger partial charge in [0.15, 0.2) is 5.76 Å². The summed E-state index contributed by atoms with van der Waals surface area (Å²) in [6, 6.07) is 3.19. The van der Waals surface area contributed by atoms with Crippen LogP contribution in [0.25, 0.3) is 0 Å². The van der Waals surface area contributed by atoms with Crippen molar-refractivity contribution >= 4 is 34.2 Å². The van der Waals surface area contributed by atoms with Gasteiger partial charge in [0.25, 0.3) is 5.91 Å². The average Bonchev–Trinajstić information content (AvgIpc) is 3.15. The maximum atomic E-state index is 12.3. The van der Waals surface area contributed by atoms with E-state index in [-0.39, 0.29) is 27.8 Å². The lowest BCUT2D eigenvalue weighted by atomic mass is 10.1. The molecule has 2 heterocycles. The van der Waals surface area contributed by atoms with Gasteiger partial charge in [-0.1, -0.05) is 6.92 Å². The Morgan fingerprint density at radius 2 is 1.92 bits per heavy atom. The number of furan rings is 1. The number of anilines is 1. The molecule has 0 aliphatic rings. The molecule has 2 aromatic heterocycles. The maximum absolute atomic E-state index is 12.3. The van der Waals surface area contributed by atoms with E-state index in [0.717, 1.165) is 11.3 Å². The Balaban J connectivity index is 2.38. The molecule has 0 unspecified atom stereocenters. The fourth-order valence-corrected chi connectivity index (χ4v) is 3.23. The molecule has 0 spiro atoms. The number of aryl methyl sites for hydroxylation is 1. The summed E-state index contributed by atoms with van der Waals surface area (Å²) in [6.07, 6.45) is 0.659. The number of carbonyl (C=O) groups is 3. The van der Waals surface area contributed by atoms with Crippen LogP contribution in [0.4, 0.5) is 5.00 Å². The van der Waals surface area contributed by atoms with Crippen molar-refractivity contribution < 1.29 is 28.3 Å². The first-order valence-corrected chi connectivity index (χ1v) is 8.47. The van der Waals surface area contributed by atoms with Gasteiger partial charge in [-0.3, -0.25) is 4.79 Å². The zero-order valence-electron chi connectivity index (χ0n) is 14.4. The zero-order valence-corrected chi connectivity index (χ0v) is 15.2. The second-order valence-corrected chi connectivity index (χ2v) is 6.27. The lowest BCUT2D eigenvalue weighted by Crippen LogP contribution is -2.14. The predicted octanol–water partition coefficient (Wildman–Crippen LogP) is 3.56. The summed E-state index contributed by atoms with van der Waals surface area (Å²) in [5.41, 5.74) is 0.555. The highest BCUT2D eigenvalue weighted by Crippen LogP contribution is 2.34. The largest absolute Gasteiger partial charge is 0.465 e. The second kappa shape index (κ2) is 7.98. The van der Waals surface area contributed by atoms with E-state index in [1.165, 1.54) is 13.2 Å². The molecule has 1 amide bonds. The van der Waals surface area contributed by atoms with Crippen LogP contribution in [0, 0.1) is 13.8 Å². The predicted molar refractivity (Wildman–Crippen MR) is 92.4 cm³/mol. The van der Waals surface area contributed by atoms with E-state index in [4.69, 9.17) is 13.9 Å². The minimum absolute atomic E-state index is 0.107. The second-order valence-electron chi connectivity index (χ2n) is 5.25. The highest BCUT2D eigenvalue weighted by molar-refractivity contribution is 7.18. The Morgan fingerprint density at radius 3 is 2.48 bits per heavy atom. The van der Waals surface area contributed by atoms with Gasteiger partial charge < -0.3 is 19.2 Å². The molecule has 0 atom stereocenters. The van der Waals surface area contributed by atoms with Gasteiger partial charge in [-0.15, -0.1) is 11.3 Å². The number of nitrogens with one attached hydrogen (secondary N) is 1. The third-order valence-electron chi connectivity index (χ3n) is 3.35. The molecule has 0 bridgehead atoms. The Kier molecular flexibility index (Phi) is 5.97. The molecule has 0 aliphatic carbocycles. The van der Waals surface area contributed by atoms with Crippen LogP contribution in [0.1, 0.15) is 55.3 Å². The summed E-state index contributed by atoms with van der Waals surface area (Å²) >= 11 is 0.961. The van der Waals surface area contributed by atoms with Gasteiger partial charge >= 0.3 is 11.9 Å². The summed E-state index contributed by atoms with van der Waals surface area (Å²) in [4.78, 5) is 36.8. The van der Waals surface area contributed by atoms with Gasteiger partial charge in [-0.25, -0.2) is 9.59 Å². The molecule has 0 fully saturated rings. The van der Waals surface area contributed by atoms with E-state index < -0.39 is 17.8 Å². The minimum Gasteiger partial charge on any atom is -0.465 e. The molecule has 8 heteroatoms. The molecule has 7 nitrogen and oxygen atoms in total. The first-order chi connectivity index (χ1) is 11.9. The quantitative estimate of drug-likeness (QED) is 0.787. The lowest BCUT2D eigenvalue weighted by Gasteiger charge is -2.06. The standard InChI is InChI=1S/C17H19NO6S/c1-5-8-23-16(20)12-10(3)13(17(21)22-4)25-15(12)18-14(19)11-7-6-9(2)24-11/h6-7H,5,8H2,1-4H3,(H,18,19). The van der Waals surface area contributed by atoms with E-state index in [1.807, 2.05) is 6.92 Å². The van der Waals surface area contributed by atoms with Crippen LogP contribution in [-0.4, -0.2) is 31.6 Å². The van der Waals surface area contributed by atoms with Crippen molar-refractivity contribution in [3.8, 4) is 0 Å². The summed E-state index contributed by atoms with van der Waals surface area (Å²) in [7, 11) is 1.25. The fourth-order valence-electron chi connectivity index (χ4n) is 2.12. The van der Waals surface area contributed by atoms with Crippen LogP contribution in [0.15, 0.2) is 16.5 Å². The molecule has 25 heavy (non-hydrogen) atoms. The number of hydrogen-bond donors (Lipinski definition) is 1. The first-order valence-electron chi connectivity index (χ1n) is 7.65. The molecule has 134 valence electrons. The molecule has 2 aromatic rings. The SMILES string of the molecule is CCCOC(=O)c1c(NC(=O)c2ccc(C)o2)sc(C(=O)OC)c1C. The highest BCUT2D eigenvalue weighted by Gasteiger charge is 2.27. The van der Waals surface area contributed by atoms with Gasteiger partial charge in [0.1, 0.15) is 15.6 Å². The van der Waals surface area contributed by atoms with Crippen LogP contribution in [0.2, 0.25) is 0 Å². The van der Waals surface area contributed by atoms with E-state index >= 15 is 0 Å². The highest BCUT2D eigenvalue weighted by atomic mass is 32.1. The monoisotopic (exact) mass is 365 g/mol. The summed E-state index contributed by atoms with van der Waals surface area (Å²) in [6.45, 7) is 5.44. The third-order valence-corrected chi connectivity index (χ3v) is 4.54. The smallest absolute Gasteiger partial charge is 0.348 e. The Labute approximate surface area is 148 Å². The van der Waals surface area contributed by atoms with Crippen LogP contribution >= 0.6 is 11.3 Å². The summed E-state index contributed by atoms with van der Waals surface area (Å²) in [5, 5.41) is 2.84. The number of methoxy groups -OCH3 is 1. The number of esters is 2. The van der Waals surface area contributed by atoms with Crippen molar-refractivity contribution in [1.29, 1.82) is 0 Å². The lowest BCUT2D eigenvalue weighted by molar-refractivity contribution is 0.0506. The Bertz CT molecular complexity index is 804. The van der Waals surface area contributed by atoms with Crippen LogP contribution < -0.4 is 5.32 Å². The van der Waals surface area contributed by atoms with Crippen molar-refractivity contribution in [2.75, 3.05) is 19.0 Å². The number of rotatable bonds is 6. The summed E-state index contributed by atoms with van der Waals surface area (Å²) in [5.74, 6) is -1.00. The molecular weight excluding hydrogens is 346 g/mol. The van der Waals surface area contributed by atoms with Gasteiger partial charge in [0.05, 0.1) is 19.3 Å². The topological polar surface area (TPSA) is 94.8 Å². The number of amides is 1. The molecule has 0 saturated carbocycles. The van der Waals surface area contributed by atoms with E-state index in [2.05, 4.69) is 5.32 Å². The molecule has 0 radical (unpaired) electrons. The molecule has 0 saturated heterocycles. The van der Waals surface area contributed by atoms with Crippen LogP contribution in [0.5, 0.6) is 0 Å². The van der Waals surface area contributed by atoms with E-state index in [1.54, 1.807) is 19.9 Å². The van der Waals surface area contributed by atoms with E-state index in [0.29, 0.717) is 17.7 Å². The summed E-state index contributed by atoms with van der Waals surface area (Å²) < 4.78 is 15.2. The normalized spacial score (nSPS) is 10.4. The minimum atomic E-state index is -0.600. The van der Waals surface area contributed by atoms with Crippen molar-refractivity contribution in [3.05, 3.63) is 39.7 Å². The number of hydrogen-bond acceptors (Lipinski definition) is 7. The molecule has 1 N–H and O–H groups in total. The van der Waals surface area contributed by atoms with Crippen molar-refractivity contribution in [2.24, 2.45) is 0 Å². The molecular formula is C17H19NO6S. The number of thiophene rings is 1. The van der Waals surface area contributed by atoms with Gasteiger partial charge in [0, 0.05) is 0 Å². The van der Waals surface area contributed by atoms with E-state index in [9.17, 15) is 14.4 Å². The van der Waals surface area contributed by atoms with Crippen LogP contribution in [0.3, 0.4) is 0 Å². The van der Waals surface area contributed by atoms with Crippen molar-refractivity contribution in [3.63, 3.8) is 0 Å². The van der Waals surface area contributed by atoms with Crippen molar-refractivity contribution in [2.45, 2.75) is 27.2 Å². The fraction of sp³-hybridized carbons (Fsp3) is 0.353. The maximum Gasteiger partial charge on any atom is 0.348 e. The molecule has 0 aromatic carbocycles. The third kappa shape index (κ3) is 4.08. The van der Waals surface area contributed by atoms with Crippen LogP contribution in [-0.2, 0) is 9.47 Å². The van der Waals surface area contributed by atoms with Crippen molar-refractivity contribution in [1.82, 2.24) is 0 Å². The van der Waals surface area contributed by atoms with Gasteiger partial charge in [0.2, 0.25) is 0 Å². The van der Waals surface area contributed by atoms with Gasteiger partial charge in [-0.2, -0.15) is 0 Å². The Hall–Kier alpha value is -2.61. The number of carbonyl (C=O) groups excluding carboxylic acids is 3.